The smallest absolute Gasteiger partial charge is 0.242 e. The molecular formula is C25H32N2O3S. The van der Waals surface area contributed by atoms with Crippen LogP contribution >= 0.6 is 11.8 Å². The summed E-state index contributed by atoms with van der Waals surface area (Å²) < 4.78 is 5.23. The molecule has 2 amide bonds. The number of carbonyl (C=O) groups is 2. The van der Waals surface area contributed by atoms with E-state index < -0.39 is 6.04 Å². The Morgan fingerprint density at radius 3 is 2.39 bits per heavy atom. The van der Waals surface area contributed by atoms with E-state index in [-0.39, 0.29) is 17.9 Å². The first-order valence-corrected chi connectivity index (χ1v) is 12.0. The molecule has 6 heteroatoms. The Morgan fingerprint density at radius 1 is 1.06 bits per heavy atom. The van der Waals surface area contributed by atoms with Crippen molar-refractivity contribution < 1.29 is 14.3 Å². The average molecular weight is 441 g/mol. The third kappa shape index (κ3) is 7.03. The van der Waals surface area contributed by atoms with E-state index in [4.69, 9.17) is 4.74 Å². The number of carbonyl (C=O) groups excluding carboxylic acids is 2. The Bertz CT molecular complexity index is 836. The second kappa shape index (κ2) is 11.8. The van der Waals surface area contributed by atoms with Gasteiger partial charge in [0, 0.05) is 17.5 Å². The number of hydrogen-bond acceptors (Lipinski definition) is 4. The van der Waals surface area contributed by atoms with Gasteiger partial charge in [-0.05, 0) is 49.6 Å². The summed E-state index contributed by atoms with van der Waals surface area (Å²) in [7, 11) is 1.63. The number of hydrogen-bond donors (Lipinski definition) is 1. The first-order valence-electron chi connectivity index (χ1n) is 11.0. The highest BCUT2D eigenvalue weighted by molar-refractivity contribution is 8.00. The molecule has 31 heavy (non-hydrogen) atoms. The van der Waals surface area contributed by atoms with Crippen LogP contribution in [0.4, 0.5) is 0 Å². The van der Waals surface area contributed by atoms with Crippen molar-refractivity contribution in [3.63, 3.8) is 0 Å². The molecule has 1 saturated carbocycles. The van der Waals surface area contributed by atoms with Crippen LogP contribution in [0.25, 0.3) is 0 Å². The number of benzene rings is 2. The molecule has 2 aromatic carbocycles. The maximum atomic E-state index is 13.2. The molecule has 1 N–H and O–H groups in total. The summed E-state index contributed by atoms with van der Waals surface area (Å²) >= 11 is 1.50. The highest BCUT2D eigenvalue weighted by Crippen LogP contribution is 2.21. The minimum Gasteiger partial charge on any atom is -0.497 e. The Kier molecular flexibility index (Phi) is 8.83. The second-order valence-electron chi connectivity index (χ2n) is 7.99. The molecule has 0 radical (unpaired) electrons. The molecule has 1 aliphatic rings. The number of ether oxygens (including phenoxy) is 1. The summed E-state index contributed by atoms with van der Waals surface area (Å²) in [5.41, 5.74) is 0.969. The van der Waals surface area contributed by atoms with Crippen molar-refractivity contribution in [2.45, 2.75) is 62.6 Å². The van der Waals surface area contributed by atoms with Crippen LogP contribution in [0.3, 0.4) is 0 Å². The van der Waals surface area contributed by atoms with Crippen molar-refractivity contribution in [3.8, 4) is 5.75 Å². The highest BCUT2D eigenvalue weighted by Gasteiger charge is 2.28. The monoisotopic (exact) mass is 440 g/mol. The van der Waals surface area contributed by atoms with E-state index in [1.165, 1.54) is 18.2 Å². The predicted molar refractivity (Wildman–Crippen MR) is 125 cm³/mol. The van der Waals surface area contributed by atoms with Crippen LogP contribution in [0.1, 0.15) is 44.6 Å². The molecule has 0 heterocycles. The minimum atomic E-state index is -0.534. The van der Waals surface area contributed by atoms with Crippen molar-refractivity contribution in [3.05, 3.63) is 60.2 Å². The van der Waals surface area contributed by atoms with Crippen molar-refractivity contribution in [1.82, 2.24) is 10.2 Å². The van der Waals surface area contributed by atoms with E-state index >= 15 is 0 Å². The van der Waals surface area contributed by atoms with Crippen LogP contribution in [-0.4, -0.2) is 41.7 Å². The SMILES string of the molecule is COc1ccc(CN(C(=O)CSc2ccccc2)C(C)C(=O)NC2CCCCC2)cc1. The summed E-state index contributed by atoms with van der Waals surface area (Å²) in [4.78, 5) is 28.9. The van der Waals surface area contributed by atoms with E-state index in [0.717, 1.165) is 41.9 Å². The van der Waals surface area contributed by atoms with Crippen molar-refractivity contribution in [2.75, 3.05) is 12.9 Å². The number of amides is 2. The zero-order valence-electron chi connectivity index (χ0n) is 18.4. The predicted octanol–water partition coefficient (Wildman–Crippen LogP) is 4.65. The Labute approximate surface area is 189 Å². The number of nitrogens with one attached hydrogen (secondary N) is 1. The first-order chi connectivity index (χ1) is 15.1. The van der Waals surface area contributed by atoms with E-state index in [9.17, 15) is 9.59 Å². The van der Waals surface area contributed by atoms with Crippen LogP contribution in [0.5, 0.6) is 5.75 Å². The van der Waals surface area contributed by atoms with Gasteiger partial charge in [-0.1, -0.05) is 49.6 Å². The van der Waals surface area contributed by atoms with Crippen LogP contribution in [0, 0.1) is 0 Å². The second-order valence-corrected chi connectivity index (χ2v) is 9.04. The molecule has 1 aliphatic carbocycles. The Hall–Kier alpha value is -2.47. The van der Waals surface area contributed by atoms with Gasteiger partial charge in [0.25, 0.3) is 0 Å². The van der Waals surface area contributed by atoms with Gasteiger partial charge in [0.05, 0.1) is 12.9 Å². The fourth-order valence-corrected chi connectivity index (χ4v) is 4.63. The van der Waals surface area contributed by atoms with E-state index in [1.807, 2.05) is 61.5 Å². The first kappa shape index (κ1) is 23.2. The molecule has 166 valence electrons. The van der Waals surface area contributed by atoms with Gasteiger partial charge in [0.1, 0.15) is 11.8 Å². The molecule has 2 aromatic rings. The van der Waals surface area contributed by atoms with Gasteiger partial charge in [-0.3, -0.25) is 9.59 Å². The number of rotatable bonds is 9. The lowest BCUT2D eigenvalue weighted by Crippen LogP contribution is -2.50. The topological polar surface area (TPSA) is 58.6 Å². The molecule has 0 bridgehead atoms. The maximum absolute atomic E-state index is 13.2. The lowest BCUT2D eigenvalue weighted by molar-refractivity contribution is -0.139. The molecule has 0 aromatic heterocycles. The fourth-order valence-electron chi connectivity index (χ4n) is 3.82. The molecule has 0 spiro atoms. The number of thioether (sulfide) groups is 1. The van der Waals surface area contributed by atoms with Gasteiger partial charge in [0.2, 0.25) is 11.8 Å². The van der Waals surface area contributed by atoms with Crippen LogP contribution < -0.4 is 10.1 Å². The lowest BCUT2D eigenvalue weighted by atomic mass is 9.95. The van der Waals surface area contributed by atoms with Crippen molar-refractivity contribution in [2.24, 2.45) is 0 Å². The molecule has 1 fully saturated rings. The molecular weight excluding hydrogens is 408 g/mol. The summed E-state index contributed by atoms with van der Waals surface area (Å²) in [5.74, 6) is 0.945. The van der Waals surface area contributed by atoms with Gasteiger partial charge in [-0.15, -0.1) is 11.8 Å². The highest BCUT2D eigenvalue weighted by atomic mass is 32.2. The van der Waals surface area contributed by atoms with Gasteiger partial charge >= 0.3 is 0 Å². The normalized spacial score (nSPS) is 15.2. The quantitative estimate of drug-likeness (QED) is 0.577. The van der Waals surface area contributed by atoms with Gasteiger partial charge in [-0.2, -0.15) is 0 Å². The lowest BCUT2D eigenvalue weighted by Gasteiger charge is -2.31. The van der Waals surface area contributed by atoms with E-state index in [0.29, 0.717) is 12.3 Å². The molecule has 0 aliphatic heterocycles. The number of methoxy groups -OCH3 is 1. The molecule has 5 nitrogen and oxygen atoms in total. The third-order valence-electron chi connectivity index (χ3n) is 5.74. The minimum absolute atomic E-state index is 0.0454. The zero-order chi connectivity index (χ0) is 22.1. The molecule has 3 rings (SSSR count). The standard InChI is InChI=1S/C25H32N2O3S/c1-19(25(29)26-21-9-5-3-6-10-21)27(17-20-13-15-22(30-2)16-14-20)24(28)18-31-23-11-7-4-8-12-23/h4,7-8,11-16,19,21H,3,5-6,9-10,17-18H2,1-2H3,(H,26,29). The Morgan fingerprint density at radius 2 is 1.74 bits per heavy atom. The third-order valence-corrected chi connectivity index (χ3v) is 6.73. The van der Waals surface area contributed by atoms with Gasteiger partial charge < -0.3 is 15.0 Å². The van der Waals surface area contributed by atoms with E-state index in [1.54, 1.807) is 12.0 Å². The largest absolute Gasteiger partial charge is 0.497 e. The van der Waals surface area contributed by atoms with Crippen LogP contribution in [-0.2, 0) is 16.1 Å². The average Bonchev–Trinajstić information content (AvgIpc) is 2.82. The van der Waals surface area contributed by atoms with Crippen LogP contribution in [0.2, 0.25) is 0 Å². The summed E-state index contributed by atoms with van der Waals surface area (Å²) in [6.07, 6.45) is 5.59. The van der Waals surface area contributed by atoms with Crippen LogP contribution in [0.15, 0.2) is 59.5 Å². The number of nitrogens with zero attached hydrogens (tertiary/aromatic N) is 1. The fraction of sp³-hybridized carbons (Fsp3) is 0.440. The maximum Gasteiger partial charge on any atom is 0.242 e. The molecule has 0 saturated heterocycles. The summed E-state index contributed by atoms with van der Waals surface area (Å²) in [6.45, 7) is 2.21. The summed E-state index contributed by atoms with van der Waals surface area (Å²) in [6, 6.07) is 17.2. The van der Waals surface area contributed by atoms with Crippen molar-refractivity contribution in [1.29, 1.82) is 0 Å². The molecule has 1 unspecified atom stereocenters. The Balaban J connectivity index is 1.69. The zero-order valence-corrected chi connectivity index (χ0v) is 19.2. The van der Waals surface area contributed by atoms with Crippen molar-refractivity contribution >= 4 is 23.6 Å². The van der Waals surface area contributed by atoms with Gasteiger partial charge in [0.15, 0.2) is 0 Å². The summed E-state index contributed by atoms with van der Waals surface area (Å²) in [5, 5.41) is 3.17. The molecule has 1 atom stereocenters. The van der Waals surface area contributed by atoms with Gasteiger partial charge in [-0.25, -0.2) is 0 Å². The van der Waals surface area contributed by atoms with E-state index in [2.05, 4.69) is 5.32 Å².